The van der Waals surface area contributed by atoms with Crippen LogP contribution in [0.4, 0.5) is 5.69 Å². The second-order valence-electron chi connectivity index (χ2n) is 9.77. The van der Waals surface area contributed by atoms with Gasteiger partial charge in [-0.1, -0.05) is 24.3 Å². The van der Waals surface area contributed by atoms with Gasteiger partial charge in [-0.3, -0.25) is 14.5 Å². The third-order valence-corrected chi connectivity index (χ3v) is 7.78. The topological polar surface area (TPSA) is 49.4 Å². The van der Waals surface area contributed by atoms with E-state index < -0.39 is 0 Å². The molecule has 0 aromatic heterocycles. The SMILES string of the molecule is O=C(CN1C(=O)c2cccc3cccc1c23)NCC12CC3CC(CC(C3)C1)C2. The highest BCUT2D eigenvalue weighted by molar-refractivity contribution is 6.26. The molecule has 4 saturated carbocycles. The van der Waals surface area contributed by atoms with Gasteiger partial charge in [-0.05, 0) is 79.2 Å². The molecule has 1 aliphatic heterocycles. The standard InChI is InChI=1S/C24H26N2O2/c27-21(25-14-24-10-15-7-16(11-24)9-17(8-15)12-24)13-26-20-6-2-4-18-3-1-5-19(22(18)20)23(26)28/h1-6,15-17H,7-14H2,(H,25,27). The Hall–Kier alpha value is -2.36. The van der Waals surface area contributed by atoms with Crippen LogP contribution in [0.15, 0.2) is 36.4 Å². The Balaban J connectivity index is 1.17. The molecule has 0 unspecified atom stereocenters. The van der Waals surface area contributed by atoms with Gasteiger partial charge in [0.05, 0.1) is 5.69 Å². The highest BCUT2D eigenvalue weighted by Crippen LogP contribution is 2.59. The van der Waals surface area contributed by atoms with Crippen LogP contribution in [0.3, 0.4) is 0 Å². The van der Waals surface area contributed by atoms with E-state index in [1.165, 1.54) is 38.5 Å². The number of amides is 2. The van der Waals surface area contributed by atoms with Gasteiger partial charge in [0.25, 0.3) is 5.91 Å². The van der Waals surface area contributed by atoms with Crippen molar-refractivity contribution < 1.29 is 9.59 Å². The molecule has 1 N–H and O–H groups in total. The minimum Gasteiger partial charge on any atom is -0.354 e. The molecule has 144 valence electrons. The third-order valence-electron chi connectivity index (χ3n) is 7.78. The first kappa shape index (κ1) is 16.6. The number of anilines is 1. The zero-order valence-corrected chi connectivity index (χ0v) is 16.1. The predicted octanol–water partition coefficient (Wildman–Crippen LogP) is 4.13. The summed E-state index contributed by atoms with van der Waals surface area (Å²) in [6, 6.07) is 11.7. The summed E-state index contributed by atoms with van der Waals surface area (Å²) in [6.07, 6.45) is 8.10. The van der Waals surface area contributed by atoms with E-state index in [2.05, 4.69) is 5.32 Å². The highest BCUT2D eigenvalue weighted by atomic mass is 16.2. The summed E-state index contributed by atoms with van der Waals surface area (Å²) in [6.45, 7) is 0.896. The summed E-state index contributed by atoms with van der Waals surface area (Å²) in [5.74, 6) is 2.56. The van der Waals surface area contributed by atoms with Gasteiger partial charge in [-0.2, -0.15) is 0 Å². The molecule has 4 bridgehead atoms. The van der Waals surface area contributed by atoms with Crippen molar-refractivity contribution in [3.8, 4) is 0 Å². The summed E-state index contributed by atoms with van der Waals surface area (Å²) in [5.41, 5.74) is 1.90. The van der Waals surface area contributed by atoms with Crippen molar-refractivity contribution in [2.75, 3.05) is 18.0 Å². The molecule has 4 fully saturated rings. The first-order valence-corrected chi connectivity index (χ1v) is 10.7. The number of nitrogens with one attached hydrogen (secondary N) is 1. The number of hydrogen-bond donors (Lipinski definition) is 1. The van der Waals surface area contributed by atoms with Crippen molar-refractivity contribution in [1.29, 1.82) is 0 Å². The summed E-state index contributed by atoms with van der Waals surface area (Å²) in [7, 11) is 0. The van der Waals surface area contributed by atoms with Gasteiger partial charge in [0.1, 0.15) is 6.54 Å². The molecule has 0 atom stereocenters. The fraction of sp³-hybridized carbons (Fsp3) is 0.500. The van der Waals surface area contributed by atoms with Crippen LogP contribution in [-0.4, -0.2) is 24.9 Å². The van der Waals surface area contributed by atoms with E-state index in [4.69, 9.17) is 0 Å². The van der Waals surface area contributed by atoms with E-state index in [9.17, 15) is 9.59 Å². The van der Waals surface area contributed by atoms with Crippen LogP contribution >= 0.6 is 0 Å². The number of carbonyl (C=O) groups is 2. The number of benzene rings is 2. The lowest BCUT2D eigenvalue weighted by Crippen LogP contribution is -2.52. The Morgan fingerprint density at radius 1 is 1.00 bits per heavy atom. The molecule has 7 rings (SSSR count). The second-order valence-corrected chi connectivity index (χ2v) is 9.77. The van der Waals surface area contributed by atoms with Gasteiger partial charge in [-0.15, -0.1) is 0 Å². The van der Waals surface area contributed by atoms with Crippen molar-refractivity contribution in [2.24, 2.45) is 23.2 Å². The maximum atomic E-state index is 12.9. The molecule has 4 heteroatoms. The van der Waals surface area contributed by atoms with E-state index in [0.717, 1.165) is 40.8 Å². The summed E-state index contributed by atoms with van der Waals surface area (Å²) < 4.78 is 0. The Bertz CT molecular complexity index is 955. The van der Waals surface area contributed by atoms with E-state index in [1.807, 2.05) is 36.4 Å². The van der Waals surface area contributed by atoms with Crippen molar-refractivity contribution in [3.05, 3.63) is 42.0 Å². The fourth-order valence-corrected chi connectivity index (χ4v) is 7.13. The molecule has 2 amide bonds. The Labute approximate surface area is 165 Å². The zero-order chi connectivity index (χ0) is 18.9. The van der Waals surface area contributed by atoms with Crippen molar-refractivity contribution in [2.45, 2.75) is 38.5 Å². The maximum Gasteiger partial charge on any atom is 0.259 e. The lowest BCUT2D eigenvalue weighted by molar-refractivity contribution is -0.121. The van der Waals surface area contributed by atoms with E-state index in [-0.39, 0.29) is 18.4 Å². The Morgan fingerprint density at radius 2 is 1.64 bits per heavy atom. The lowest BCUT2D eigenvalue weighted by Gasteiger charge is -2.56. The van der Waals surface area contributed by atoms with Crippen LogP contribution in [-0.2, 0) is 4.79 Å². The lowest BCUT2D eigenvalue weighted by atomic mass is 9.49. The minimum atomic E-state index is -0.0586. The predicted molar refractivity (Wildman–Crippen MR) is 109 cm³/mol. The first-order valence-electron chi connectivity index (χ1n) is 10.7. The van der Waals surface area contributed by atoms with Crippen LogP contribution in [0.1, 0.15) is 48.9 Å². The minimum absolute atomic E-state index is 0.0334. The van der Waals surface area contributed by atoms with Crippen molar-refractivity contribution in [3.63, 3.8) is 0 Å². The molecular formula is C24H26N2O2. The van der Waals surface area contributed by atoms with Crippen LogP contribution in [0.2, 0.25) is 0 Å². The van der Waals surface area contributed by atoms with Crippen LogP contribution in [0.5, 0.6) is 0 Å². The van der Waals surface area contributed by atoms with Crippen LogP contribution < -0.4 is 10.2 Å². The zero-order valence-electron chi connectivity index (χ0n) is 16.1. The molecule has 1 heterocycles. The van der Waals surface area contributed by atoms with Crippen LogP contribution in [0, 0.1) is 23.2 Å². The molecule has 4 nitrogen and oxygen atoms in total. The smallest absolute Gasteiger partial charge is 0.259 e. The molecule has 0 spiro atoms. The fourth-order valence-electron chi connectivity index (χ4n) is 7.13. The Morgan fingerprint density at radius 3 is 2.32 bits per heavy atom. The molecule has 2 aromatic rings. The van der Waals surface area contributed by atoms with Crippen molar-refractivity contribution >= 4 is 28.3 Å². The third kappa shape index (κ3) is 2.43. The number of rotatable bonds is 4. The summed E-state index contributed by atoms with van der Waals surface area (Å²) in [5, 5.41) is 5.24. The molecule has 4 aliphatic carbocycles. The van der Waals surface area contributed by atoms with Gasteiger partial charge >= 0.3 is 0 Å². The van der Waals surface area contributed by atoms with Gasteiger partial charge in [0, 0.05) is 17.5 Å². The molecule has 0 saturated heterocycles. The molecular weight excluding hydrogens is 348 g/mol. The summed E-state index contributed by atoms with van der Waals surface area (Å²) in [4.78, 5) is 27.3. The number of hydrogen-bond acceptors (Lipinski definition) is 2. The summed E-state index contributed by atoms with van der Waals surface area (Å²) >= 11 is 0. The van der Waals surface area contributed by atoms with Gasteiger partial charge in [-0.25, -0.2) is 0 Å². The monoisotopic (exact) mass is 374 g/mol. The van der Waals surface area contributed by atoms with E-state index >= 15 is 0 Å². The average Bonchev–Trinajstić information content (AvgIpc) is 2.94. The van der Waals surface area contributed by atoms with Crippen LogP contribution in [0.25, 0.3) is 10.8 Å². The largest absolute Gasteiger partial charge is 0.354 e. The highest BCUT2D eigenvalue weighted by Gasteiger charge is 2.50. The quantitative estimate of drug-likeness (QED) is 0.875. The van der Waals surface area contributed by atoms with Crippen molar-refractivity contribution in [1.82, 2.24) is 5.32 Å². The number of nitrogens with zero attached hydrogens (tertiary/aromatic N) is 1. The molecule has 28 heavy (non-hydrogen) atoms. The average molecular weight is 374 g/mol. The number of carbonyl (C=O) groups excluding carboxylic acids is 2. The van der Waals surface area contributed by atoms with E-state index in [0.29, 0.717) is 11.0 Å². The van der Waals surface area contributed by atoms with Gasteiger partial charge in [0.2, 0.25) is 5.91 Å². The molecule has 2 aromatic carbocycles. The second kappa shape index (κ2) is 5.82. The van der Waals surface area contributed by atoms with Gasteiger partial charge in [0.15, 0.2) is 0 Å². The maximum absolute atomic E-state index is 12.9. The van der Waals surface area contributed by atoms with E-state index in [1.54, 1.807) is 4.90 Å². The molecule has 0 radical (unpaired) electrons. The molecule has 5 aliphatic rings. The first-order chi connectivity index (χ1) is 13.6. The normalized spacial score (nSPS) is 32.4. The van der Waals surface area contributed by atoms with Gasteiger partial charge < -0.3 is 5.32 Å². The Kier molecular flexibility index (Phi) is 3.45.